The number of fused-ring (bicyclic) bond motifs is 10. The number of amides is 2. The number of hydrogen-bond acceptors (Lipinski definition) is 8. The van der Waals surface area contributed by atoms with Gasteiger partial charge in [0.1, 0.15) is 6.04 Å². The molecule has 0 spiro atoms. The molecule has 10 heteroatoms. The zero-order chi connectivity index (χ0) is 46.6. The first-order valence-corrected chi connectivity index (χ1v) is 27.2. The average molecular weight is 909 g/mol. The third kappa shape index (κ3) is 9.02. The van der Waals surface area contributed by atoms with Gasteiger partial charge < -0.3 is 35.8 Å². The van der Waals surface area contributed by atoms with Crippen LogP contribution in [0.1, 0.15) is 189 Å². The van der Waals surface area contributed by atoms with Gasteiger partial charge in [-0.05, 0) is 228 Å². The zero-order valence-corrected chi connectivity index (χ0v) is 41.7. The van der Waals surface area contributed by atoms with Crippen molar-refractivity contribution in [1.82, 2.24) is 10.6 Å². The van der Waals surface area contributed by atoms with Crippen molar-refractivity contribution < 1.29 is 39.5 Å². The molecule has 8 saturated carbocycles. The maximum Gasteiger partial charge on any atom is 0.328 e. The molecule has 0 aromatic rings. The van der Waals surface area contributed by atoms with Gasteiger partial charge in [0.25, 0.3) is 0 Å². The lowest BCUT2D eigenvalue weighted by Gasteiger charge is -2.62. The number of esters is 1. The van der Waals surface area contributed by atoms with Gasteiger partial charge in [0.05, 0.1) is 31.5 Å². The van der Waals surface area contributed by atoms with Crippen molar-refractivity contribution in [1.29, 1.82) is 0 Å². The second kappa shape index (κ2) is 19.6. The molecule has 65 heavy (non-hydrogen) atoms. The van der Waals surface area contributed by atoms with E-state index >= 15 is 0 Å². The SMILES string of the molecule is COC(=O)[C@H](CCCCNC(=O)CC[C@H](C)[C@H]1CC[C@H]2[C@@H]3CC[C@@H]4C[C@H](O)CC[C@]4(C)[C@H]3C[C@H](O)[C@]12C)NC(=O)CC[C@@H](C)[C@H]1CC[C@H]2[C@@H]3CC[C@@H]4C[C@H](O)CC[C@]4(C)[C@H]3C[C@H](O)[C@]12C. The molecule has 0 unspecified atom stereocenters. The van der Waals surface area contributed by atoms with Gasteiger partial charge in [0.2, 0.25) is 11.8 Å². The molecule has 8 aliphatic carbocycles. The minimum Gasteiger partial charge on any atom is -0.467 e. The Hall–Kier alpha value is -1.75. The molecule has 0 saturated heterocycles. The van der Waals surface area contributed by atoms with Gasteiger partial charge in [-0.1, -0.05) is 41.5 Å². The Balaban J connectivity index is 0.748. The second-order valence-corrected chi connectivity index (χ2v) is 25.3. The lowest BCUT2D eigenvalue weighted by atomic mass is 9.43. The van der Waals surface area contributed by atoms with E-state index < -0.39 is 12.0 Å². The van der Waals surface area contributed by atoms with Crippen molar-refractivity contribution in [2.75, 3.05) is 13.7 Å². The summed E-state index contributed by atoms with van der Waals surface area (Å²) >= 11 is 0. The lowest BCUT2D eigenvalue weighted by molar-refractivity contribution is -0.175. The number of aliphatic hydroxyl groups excluding tert-OH is 4. The first kappa shape index (κ1) is 49.7. The smallest absolute Gasteiger partial charge is 0.328 e. The molecule has 370 valence electrons. The Morgan fingerprint density at radius 3 is 1.54 bits per heavy atom. The van der Waals surface area contributed by atoms with Gasteiger partial charge in [0, 0.05) is 19.4 Å². The van der Waals surface area contributed by atoms with E-state index in [0.29, 0.717) is 110 Å². The van der Waals surface area contributed by atoms with Crippen LogP contribution < -0.4 is 10.6 Å². The predicted molar refractivity (Wildman–Crippen MR) is 253 cm³/mol. The largest absolute Gasteiger partial charge is 0.467 e. The average Bonchev–Trinajstić information content (AvgIpc) is 3.84. The van der Waals surface area contributed by atoms with Gasteiger partial charge in [-0.25, -0.2) is 4.79 Å². The number of ether oxygens (including phenoxy) is 1. The molecule has 8 aliphatic rings. The molecule has 8 fully saturated rings. The summed E-state index contributed by atoms with van der Waals surface area (Å²) in [6, 6.07) is -0.724. The fourth-order valence-corrected chi connectivity index (χ4v) is 18.9. The standard InChI is InChI=1S/C55H92N2O8/c1-32(40-17-19-42-38-15-13-34-28-36(58)23-25-52(34,3)44(38)30-47(60)54(40,42)5)11-21-49(62)56-27-9-8-10-46(51(64)65-7)57-50(63)22-12-33(2)41-18-20-43-39-16-14-35-29-37(59)24-26-53(35,4)45(39)31-48(61)55(41,43)6/h32-48,58-61H,8-31H2,1-7H3,(H,56,62)(H,57,63)/t32-,33+,34+,35+,36+,37+,38-,39-,40+,41+,42-,43-,44-,45-,46-,47-,48-,52-,53-,54+,55+/m0/s1. The van der Waals surface area contributed by atoms with E-state index in [9.17, 15) is 34.8 Å². The van der Waals surface area contributed by atoms with Gasteiger partial charge in [-0.15, -0.1) is 0 Å². The summed E-state index contributed by atoms with van der Waals surface area (Å²) in [5.41, 5.74) is 0.168. The highest BCUT2D eigenvalue weighted by Gasteiger charge is 2.65. The molecule has 0 bridgehead atoms. The first-order chi connectivity index (χ1) is 30.9. The highest BCUT2D eigenvalue weighted by atomic mass is 16.5. The number of aliphatic hydroxyl groups is 4. The Morgan fingerprint density at radius 1 is 0.585 bits per heavy atom. The Kier molecular flexibility index (Phi) is 15.0. The highest BCUT2D eigenvalue weighted by molar-refractivity contribution is 5.84. The summed E-state index contributed by atoms with van der Waals surface area (Å²) in [6.07, 6.45) is 20.0. The summed E-state index contributed by atoms with van der Waals surface area (Å²) in [5.74, 6) is 5.33. The van der Waals surface area contributed by atoms with E-state index in [1.165, 1.54) is 39.2 Å². The molecule has 0 aliphatic heterocycles. The topological polar surface area (TPSA) is 165 Å². The maximum absolute atomic E-state index is 13.4. The molecular formula is C55H92N2O8. The van der Waals surface area contributed by atoms with E-state index in [4.69, 9.17) is 4.74 Å². The Labute approximate surface area is 392 Å². The molecule has 21 atom stereocenters. The third-order valence-electron chi connectivity index (χ3n) is 22.7. The number of hydrogen-bond donors (Lipinski definition) is 6. The fraction of sp³-hybridized carbons (Fsp3) is 0.945. The van der Waals surface area contributed by atoms with E-state index in [0.717, 1.165) is 77.0 Å². The zero-order valence-electron chi connectivity index (χ0n) is 41.7. The lowest BCUT2D eigenvalue weighted by Crippen LogP contribution is -2.58. The normalized spacial score (nSPS) is 46.8. The van der Waals surface area contributed by atoms with E-state index in [1.807, 2.05) is 0 Å². The molecular weight excluding hydrogens is 817 g/mol. The van der Waals surface area contributed by atoms with Crippen LogP contribution in [0.5, 0.6) is 0 Å². The van der Waals surface area contributed by atoms with Crippen LogP contribution in [-0.4, -0.2) is 82.3 Å². The van der Waals surface area contributed by atoms with E-state index in [2.05, 4.69) is 52.2 Å². The number of carbonyl (C=O) groups is 3. The minimum absolute atomic E-state index is 0.0492. The van der Waals surface area contributed by atoms with Crippen LogP contribution >= 0.6 is 0 Å². The summed E-state index contributed by atoms with van der Waals surface area (Å²) in [5, 5.41) is 50.9. The highest BCUT2D eigenvalue weighted by Crippen LogP contribution is 2.70. The van der Waals surface area contributed by atoms with Crippen molar-refractivity contribution in [3.05, 3.63) is 0 Å². The van der Waals surface area contributed by atoms with Gasteiger partial charge in [0.15, 0.2) is 0 Å². The van der Waals surface area contributed by atoms with Crippen LogP contribution in [0.2, 0.25) is 0 Å². The van der Waals surface area contributed by atoms with Gasteiger partial charge in [-0.2, -0.15) is 0 Å². The Morgan fingerprint density at radius 2 is 1.06 bits per heavy atom. The summed E-state index contributed by atoms with van der Waals surface area (Å²) in [7, 11) is 1.36. The number of rotatable bonds is 15. The summed E-state index contributed by atoms with van der Waals surface area (Å²) in [6.45, 7) is 14.7. The van der Waals surface area contributed by atoms with Crippen LogP contribution in [0.4, 0.5) is 0 Å². The van der Waals surface area contributed by atoms with Crippen molar-refractivity contribution in [2.45, 2.75) is 220 Å². The minimum atomic E-state index is -0.724. The molecule has 10 nitrogen and oxygen atoms in total. The fourth-order valence-electron chi connectivity index (χ4n) is 18.9. The van der Waals surface area contributed by atoms with Crippen LogP contribution in [0.3, 0.4) is 0 Å². The van der Waals surface area contributed by atoms with Crippen LogP contribution in [0.15, 0.2) is 0 Å². The van der Waals surface area contributed by atoms with Crippen LogP contribution in [0, 0.1) is 92.7 Å². The molecule has 0 radical (unpaired) electrons. The number of nitrogens with one attached hydrogen (secondary N) is 2. The van der Waals surface area contributed by atoms with Crippen molar-refractivity contribution in [3.8, 4) is 0 Å². The van der Waals surface area contributed by atoms with Crippen LogP contribution in [-0.2, 0) is 19.1 Å². The molecule has 6 N–H and O–H groups in total. The predicted octanol–water partition coefficient (Wildman–Crippen LogP) is 8.74. The molecule has 0 aromatic carbocycles. The molecule has 0 heterocycles. The van der Waals surface area contributed by atoms with E-state index in [1.54, 1.807) is 0 Å². The number of methoxy groups -OCH3 is 1. The quantitative estimate of drug-likeness (QED) is 0.0702. The number of unbranched alkanes of at least 4 members (excludes halogenated alkanes) is 1. The molecule has 8 rings (SSSR count). The summed E-state index contributed by atoms with van der Waals surface area (Å²) in [4.78, 5) is 39.3. The third-order valence-corrected chi connectivity index (χ3v) is 22.7. The van der Waals surface area contributed by atoms with Crippen molar-refractivity contribution in [3.63, 3.8) is 0 Å². The Bertz CT molecular complexity index is 1690. The molecule has 2 amide bonds. The van der Waals surface area contributed by atoms with Gasteiger partial charge in [-0.3, -0.25) is 9.59 Å². The summed E-state index contributed by atoms with van der Waals surface area (Å²) < 4.78 is 5.10. The molecule has 0 aromatic heterocycles. The van der Waals surface area contributed by atoms with Gasteiger partial charge >= 0.3 is 5.97 Å². The first-order valence-electron chi connectivity index (χ1n) is 27.2. The second-order valence-electron chi connectivity index (χ2n) is 25.3. The monoisotopic (exact) mass is 909 g/mol. The maximum atomic E-state index is 13.4. The number of carbonyl (C=O) groups excluding carboxylic acids is 3. The van der Waals surface area contributed by atoms with Crippen LogP contribution in [0.25, 0.3) is 0 Å². The van der Waals surface area contributed by atoms with E-state index in [-0.39, 0.29) is 63.8 Å². The van der Waals surface area contributed by atoms with Crippen molar-refractivity contribution >= 4 is 17.8 Å². The van der Waals surface area contributed by atoms with Crippen molar-refractivity contribution in [2.24, 2.45) is 92.7 Å².